The van der Waals surface area contributed by atoms with E-state index in [-0.39, 0.29) is 6.04 Å². The molecular weight excluding hydrogens is 773 g/mol. The predicted octanol–water partition coefficient (Wildman–Crippen LogP) is 9.17. The highest BCUT2D eigenvalue weighted by molar-refractivity contribution is 5.70. The van der Waals surface area contributed by atoms with Gasteiger partial charge in [-0.15, -0.1) is 15.3 Å². The van der Waals surface area contributed by atoms with Crippen molar-refractivity contribution >= 4 is 24.3 Å². The molecule has 0 unspecified atom stereocenters. The fourth-order valence-electron chi connectivity index (χ4n) is 8.60. The van der Waals surface area contributed by atoms with E-state index in [0.717, 1.165) is 101 Å². The Morgan fingerprint density at radius 2 is 1.26 bits per heavy atom. The lowest BCUT2D eigenvalue weighted by Gasteiger charge is -2.26. The summed E-state index contributed by atoms with van der Waals surface area (Å²) < 4.78 is 19.9. The molecule has 0 aliphatic carbocycles. The second-order valence-corrected chi connectivity index (χ2v) is 15.8. The molecule has 2 aliphatic rings. The van der Waals surface area contributed by atoms with Crippen LogP contribution in [0.25, 0.3) is 35.7 Å². The molecule has 0 saturated carbocycles. The highest BCUT2D eigenvalue weighted by Gasteiger charge is 2.31. The molecule has 2 atom stereocenters. The van der Waals surface area contributed by atoms with Gasteiger partial charge in [0.15, 0.2) is 5.82 Å². The van der Waals surface area contributed by atoms with Crippen LogP contribution in [0.4, 0.5) is 0 Å². The normalized spacial score (nSPS) is 15.9. The zero-order chi connectivity index (χ0) is 42.4. The topological polar surface area (TPSA) is 117 Å². The molecule has 0 fully saturated rings. The van der Waals surface area contributed by atoms with Gasteiger partial charge in [0, 0.05) is 36.4 Å². The molecule has 10 rings (SSSR count). The molecule has 12 heteroatoms. The summed E-state index contributed by atoms with van der Waals surface area (Å²) in [6.45, 7) is 3.95. The lowest BCUT2D eigenvalue weighted by molar-refractivity contribution is -0.727. The number of imidazole rings is 2. The van der Waals surface area contributed by atoms with Crippen molar-refractivity contribution in [1.82, 2.24) is 44.1 Å². The smallest absolute Gasteiger partial charge is 0.302 e. The van der Waals surface area contributed by atoms with Crippen molar-refractivity contribution in [1.29, 1.82) is 0 Å². The quantitative estimate of drug-likeness (QED) is 0.137. The number of H-pyrrole nitrogens is 1. The van der Waals surface area contributed by atoms with Crippen molar-refractivity contribution in [2.24, 2.45) is 0 Å². The fourth-order valence-corrected chi connectivity index (χ4v) is 8.60. The summed E-state index contributed by atoms with van der Waals surface area (Å²) in [7, 11) is 3.38. The van der Waals surface area contributed by atoms with Crippen LogP contribution in [0.2, 0.25) is 0 Å². The van der Waals surface area contributed by atoms with Crippen LogP contribution in [0.5, 0.6) is 11.5 Å². The molecule has 0 bridgehead atoms. The Bertz CT molecular complexity index is 2640. The van der Waals surface area contributed by atoms with Crippen LogP contribution in [0.15, 0.2) is 122 Å². The highest BCUT2D eigenvalue weighted by atomic mass is 16.5. The maximum absolute atomic E-state index is 5.64. The Morgan fingerprint density at radius 1 is 0.661 bits per heavy atom. The zero-order valence-corrected chi connectivity index (χ0v) is 35.6. The van der Waals surface area contributed by atoms with Gasteiger partial charge in [-0.1, -0.05) is 78.9 Å². The fraction of sp³-hybridized carbons (Fsp3) is 0.240. The van der Waals surface area contributed by atoms with Gasteiger partial charge in [0.05, 0.1) is 55.7 Å². The molecule has 12 nitrogen and oxygen atoms in total. The van der Waals surface area contributed by atoms with Gasteiger partial charge in [0.2, 0.25) is 5.82 Å². The van der Waals surface area contributed by atoms with Crippen molar-refractivity contribution in [3.05, 3.63) is 179 Å². The number of benzene rings is 4. The number of rotatable bonds is 10. The molecule has 6 heterocycles. The summed E-state index contributed by atoms with van der Waals surface area (Å²) in [5, 5.41) is 16.8. The summed E-state index contributed by atoms with van der Waals surface area (Å²) in [4.78, 5) is 8.62. The third-order valence-electron chi connectivity index (χ3n) is 11.6. The van der Waals surface area contributed by atoms with Crippen molar-refractivity contribution < 1.29 is 14.0 Å². The van der Waals surface area contributed by atoms with E-state index >= 15 is 0 Å². The second-order valence-electron chi connectivity index (χ2n) is 15.8. The monoisotopic (exact) mass is 823 g/mol. The number of fused-ring (bicyclic) bond motifs is 2. The summed E-state index contributed by atoms with van der Waals surface area (Å²) in [5.41, 5.74) is 8.60. The first-order valence-electron chi connectivity index (χ1n) is 21.2. The molecule has 0 amide bonds. The maximum Gasteiger partial charge on any atom is 0.302 e. The van der Waals surface area contributed by atoms with E-state index in [2.05, 4.69) is 137 Å². The van der Waals surface area contributed by atoms with Crippen LogP contribution >= 0.6 is 0 Å². The molecule has 0 saturated heterocycles. The number of aryl methyl sites for hydroxylation is 4. The van der Waals surface area contributed by atoms with Gasteiger partial charge in [0.25, 0.3) is 0 Å². The van der Waals surface area contributed by atoms with Gasteiger partial charge < -0.3 is 23.2 Å². The van der Waals surface area contributed by atoms with E-state index in [4.69, 9.17) is 9.47 Å². The lowest BCUT2D eigenvalue weighted by atomic mass is 9.97. The summed E-state index contributed by atoms with van der Waals surface area (Å²) >= 11 is 0. The minimum atomic E-state index is 0.279. The van der Waals surface area contributed by atoms with Gasteiger partial charge in [-0.25, -0.2) is 14.5 Å². The number of hydrogen-bond donors (Lipinski definition) is 1. The van der Waals surface area contributed by atoms with Crippen molar-refractivity contribution in [2.45, 2.75) is 64.5 Å². The van der Waals surface area contributed by atoms with E-state index in [0.29, 0.717) is 6.04 Å². The van der Waals surface area contributed by atoms with Crippen molar-refractivity contribution in [3.63, 3.8) is 0 Å². The molecule has 2 aliphatic heterocycles. The van der Waals surface area contributed by atoms with Crippen molar-refractivity contribution in [2.75, 3.05) is 14.2 Å². The van der Waals surface area contributed by atoms with E-state index in [1.807, 2.05) is 59.7 Å². The van der Waals surface area contributed by atoms with Crippen LogP contribution in [-0.2, 0) is 12.8 Å². The number of aromatic nitrogens is 10. The number of hydrogen-bond acceptors (Lipinski definition) is 7. The van der Waals surface area contributed by atoms with Gasteiger partial charge >= 0.3 is 5.82 Å². The summed E-state index contributed by atoms with van der Waals surface area (Å²) in [5.74, 6) is 5.67. The first-order chi connectivity index (χ1) is 30.4. The highest BCUT2D eigenvalue weighted by Crippen LogP contribution is 2.33. The van der Waals surface area contributed by atoms with Gasteiger partial charge in [0.1, 0.15) is 23.4 Å². The molecule has 8 aromatic rings. The minimum Gasteiger partial charge on any atom is -0.495 e. The Morgan fingerprint density at radius 3 is 1.85 bits per heavy atom. The first-order valence-corrected chi connectivity index (χ1v) is 21.2. The third kappa shape index (κ3) is 8.49. The molecule has 62 heavy (non-hydrogen) atoms. The molecular formula is C50H51N10O2+. The standard InChI is InChI=1S/2C25H25N5O/c2*1-18-16-29(17-26-18)22-13-11-19(15-23(22)31-2)12-14-25-28-27-24-10-6-9-21(30(24)25)20-7-4-3-5-8-20/h2*3-5,7-8,11-17,21H,6,9-10H2,1-2H3/p+1/b2*14-12+/t2*21-/m10/s1. The summed E-state index contributed by atoms with van der Waals surface area (Å²) in [6.07, 6.45) is 22.4. The summed E-state index contributed by atoms with van der Waals surface area (Å²) in [6, 6.07) is 34.2. The number of aromatic amines is 1. The van der Waals surface area contributed by atoms with Crippen molar-refractivity contribution in [3.8, 4) is 22.9 Å². The average Bonchev–Trinajstić information content (AvgIpc) is 4.15. The van der Waals surface area contributed by atoms with Crippen LogP contribution < -0.4 is 14.0 Å². The van der Waals surface area contributed by atoms with E-state index in [1.54, 1.807) is 26.9 Å². The minimum absolute atomic E-state index is 0.279. The third-order valence-corrected chi connectivity index (χ3v) is 11.6. The van der Waals surface area contributed by atoms with Crippen LogP contribution in [0.1, 0.15) is 94.7 Å². The first kappa shape index (κ1) is 40.1. The Hall–Kier alpha value is -7.34. The Kier molecular flexibility index (Phi) is 11.7. The van der Waals surface area contributed by atoms with Gasteiger partial charge in [-0.2, -0.15) is 0 Å². The number of nitrogens with zero attached hydrogens (tertiary/aromatic N) is 9. The van der Waals surface area contributed by atoms with Crippen LogP contribution in [-0.4, -0.2) is 58.3 Å². The lowest BCUT2D eigenvalue weighted by Crippen LogP contribution is -2.47. The van der Waals surface area contributed by atoms with E-state index in [9.17, 15) is 0 Å². The number of methoxy groups -OCH3 is 2. The molecule has 1 N–H and O–H groups in total. The maximum atomic E-state index is 5.64. The predicted molar refractivity (Wildman–Crippen MR) is 241 cm³/mol. The van der Waals surface area contributed by atoms with Crippen LogP contribution in [0, 0.1) is 13.8 Å². The molecule has 312 valence electrons. The molecule has 4 aromatic carbocycles. The molecule has 4 aromatic heterocycles. The Balaban J connectivity index is 0.000000158. The molecule has 0 spiro atoms. The number of nitrogens with one attached hydrogen (secondary N) is 1. The second kappa shape index (κ2) is 18.1. The zero-order valence-electron chi connectivity index (χ0n) is 35.6. The average molecular weight is 824 g/mol. The Labute approximate surface area is 361 Å². The number of ether oxygens (including phenoxy) is 2. The van der Waals surface area contributed by atoms with Gasteiger partial charge in [-0.3, -0.25) is 0 Å². The molecule has 0 radical (unpaired) electrons. The van der Waals surface area contributed by atoms with E-state index < -0.39 is 0 Å². The SMILES string of the molecule is COc1cc(/C=C/c2n[nH]c3[n+]2[C@@H](c2ccccc2)CCC3)ccc1-n1cnc(C)c1.COc1cc(/C=C/c2nnc3n2[C@H](c2ccccc2)CCC3)ccc1-n1cnc(C)c1. The van der Waals surface area contributed by atoms with E-state index in [1.165, 1.54) is 17.0 Å². The van der Waals surface area contributed by atoms with Crippen LogP contribution in [0.3, 0.4) is 0 Å². The van der Waals surface area contributed by atoms with Gasteiger partial charge in [-0.05, 0) is 98.2 Å². The largest absolute Gasteiger partial charge is 0.495 e.